The monoisotopic (exact) mass is 304 g/mol. The van der Waals surface area contributed by atoms with Crippen LogP contribution in [0.1, 0.15) is 29.8 Å². The van der Waals surface area contributed by atoms with Gasteiger partial charge in [-0.05, 0) is 53.0 Å². The average Bonchev–Trinajstić information content (AvgIpc) is 2.37. The van der Waals surface area contributed by atoms with Gasteiger partial charge in [-0.15, -0.1) is 0 Å². The molecule has 0 radical (unpaired) electrons. The van der Waals surface area contributed by atoms with Gasteiger partial charge in [0, 0.05) is 12.6 Å². The Labute approximate surface area is 117 Å². The second-order valence-electron chi connectivity index (χ2n) is 4.41. The van der Waals surface area contributed by atoms with Gasteiger partial charge < -0.3 is 5.32 Å². The van der Waals surface area contributed by atoms with Crippen LogP contribution in [-0.4, -0.2) is 4.98 Å². The van der Waals surface area contributed by atoms with Gasteiger partial charge in [-0.1, -0.05) is 30.3 Å². The van der Waals surface area contributed by atoms with Crippen LogP contribution in [0.4, 0.5) is 0 Å². The number of pyridine rings is 1. The molecule has 1 heterocycles. The predicted molar refractivity (Wildman–Crippen MR) is 78.4 cm³/mol. The number of hydrogen-bond donors (Lipinski definition) is 1. The van der Waals surface area contributed by atoms with Crippen molar-refractivity contribution >= 4 is 15.9 Å². The van der Waals surface area contributed by atoms with Crippen LogP contribution in [-0.2, 0) is 6.54 Å². The fourth-order valence-corrected chi connectivity index (χ4v) is 2.37. The summed E-state index contributed by atoms with van der Waals surface area (Å²) in [5.41, 5.74) is 3.71. The molecular weight excluding hydrogens is 288 g/mol. The first-order chi connectivity index (χ1) is 8.66. The number of nitrogens with one attached hydrogen (secondary N) is 1. The minimum Gasteiger partial charge on any atom is -0.305 e. The van der Waals surface area contributed by atoms with Crippen LogP contribution in [0.15, 0.2) is 47.1 Å². The summed E-state index contributed by atoms with van der Waals surface area (Å²) in [6.45, 7) is 5.10. The van der Waals surface area contributed by atoms with Crippen LogP contribution in [0.2, 0.25) is 0 Å². The summed E-state index contributed by atoms with van der Waals surface area (Å²) < 4.78 is 0.880. The molecule has 0 saturated heterocycles. The highest BCUT2D eigenvalue weighted by Crippen LogP contribution is 2.17. The highest BCUT2D eigenvalue weighted by atomic mass is 79.9. The molecule has 94 valence electrons. The molecule has 0 aliphatic carbocycles. The number of benzene rings is 1. The molecule has 3 heteroatoms. The summed E-state index contributed by atoms with van der Waals surface area (Å²) in [5, 5.41) is 3.50. The van der Waals surface area contributed by atoms with Crippen molar-refractivity contribution in [2.45, 2.75) is 26.4 Å². The van der Waals surface area contributed by atoms with Gasteiger partial charge in [0.1, 0.15) is 4.60 Å². The van der Waals surface area contributed by atoms with Crippen LogP contribution < -0.4 is 5.32 Å². The number of aryl methyl sites for hydroxylation is 1. The smallest absolute Gasteiger partial charge is 0.106 e. The molecule has 18 heavy (non-hydrogen) atoms. The molecule has 1 aromatic carbocycles. The lowest BCUT2D eigenvalue weighted by Gasteiger charge is -2.16. The van der Waals surface area contributed by atoms with Crippen LogP contribution in [0.5, 0.6) is 0 Å². The Morgan fingerprint density at radius 2 is 1.94 bits per heavy atom. The maximum Gasteiger partial charge on any atom is 0.106 e. The fourth-order valence-electron chi connectivity index (χ4n) is 1.99. The fraction of sp³-hybridized carbons (Fsp3) is 0.267. The molecule has 1 aromatic heterocycles. The van der Waals surface area contributed by atoms with Crippen LogP contribution in [0.3, 0.4) is 0 Å². The van der Waals surface area contributed by atoms with Crippen LogP contribution in [0.25, 0.3) is 0 Å². The van der Waals surface area contributed by atoms with E-state index in [1.807, 2.05) is 18.2 Å². The van der Waals surface area contributed by atoms with E-state index in [9.17, 15) is 0 Å². The standard InChI is InChI=1S/C15H17BrN2/c1-11-6-3-4-8-14(11)12(2)17-10-13-7-5-9-15(16)18-13/h3-9,12,17H,10H2,1-2H3/t12-/m1/s1. The predicted octanol–water partition coefficient (Wildman–Crippen LogP) is 4.00. The Balaban J connectivity index is 2.00. The van der Waals surface area contributed by atoms with Gasteiger partial charge in [-0.2, -0.15) is 0 Å². The summed E-state index contributed by atoms with van der Waals surface area (Å²) in [7, 11) is 0. The minimum absolute atomic E-state index is 0.326. The number of aromatic nitrogens is 1. The van der Waals surface area contributed by atoms with E-state index in [2.05, 4.69) is 64.3 Å². The maximum absolute atomic E-state index is 4.42. The molecule has 0 aliphatic heterocycles. The van der Waals surface area contributed by atoms with Crippen molar-refractivity contribution in [3.63, 3.8) is 0 Å². The van der Waals surface area contributed by atoms with E-state index in [0.29, 0.717) is 6.04 Å². The van der Waals surface area contributed by atoms with Gasteiger partial charge in [0.05, 0.1) is 5.69 Å². The van der Waals surface area contributed by atoms with Gasteiger partial charge in [0.15, 0.2) is 0 Å². The molecule has 0 saturated carbocycles. The molecule has 1 N–H and O–H groups in total. The van der Waals surface area contributed by atoms with E-state index in [-0.39, 0.29) is 0 Å². The quantitative estimate of drug-likeness (QED) is 0.864. The topological polar surface area (TPSA) is 24.9 Å². The third-order valence-corrected chi connectivity index (χ3v) is 3.46. The number of halogens is 1. The third-order valence-electron chi connectivity index (χ3n) is 3.02. The van der Waals surface area contributed by atoms with E-state index in [1.165, 1.54) is 11.1 Å². The zero-order chi connectivity index (χ0) is 13.0. The Morgan fingerprint density at radius 3 is 2.67 bits per heavy atom. The van der Waals surface area contributed by atoms with Gasteiger partial charge in [-0.25, -0.2) is 4.98 Å². The highest BCUT2D eigenvalue weighted by Gasteiger charge is 2.07. The molecular formula is C15H17BrN2. The van der Waals surface area contributed by atoms with Gasteiger partial charge >= 0.3 is 0 Å². The van der Waals surface area contributed by atoms with E-state index in [4.69, 9.17) is 0 Å². The van der Waals surface area contributed by atoms with Crippen molar-refractivity contribution in [3.8, 4) is 0 Å². The maximum atomic E-state index is 4.42. The molecule has 0 bridgehead atoms. The molecule has 0 aliphatic rings. The summed E-state index contributed by atoms with van der Waals surface area (Å²) in [5.74, 6) is 0. The molecule has 1 atom stereocenters. The van der Waals surface area contributed by atoms with Crippen molar-refractivity contribution < 1.29 is 0 Å². The summed E-state index contributed by atoms with van der Waals surface area (Å²) >= 11 is 3.39. The van der Waals surface area contributed by atoms with Gasteiger partial charge in [0.25, 0.3) is 0 Å². The lowest BCUT2D eigenvalue weighted by Crippen LogP contribution is -2.19. The number of hydrogen-bond acceptors (Lipinski definition) is 2. The van der Waals surface area contributed by atoms with Gasteiger partial charge in [0.2, 0.25) is 0 Å². The normalized spacial score (nSPS) is 12.4. The number of rotatable bonds is 4. The second-order valence-corrected chi connectivity index (χ2v) is 5.22. The highest BCUT2D eigenvalue weighted by molar-refractivity contribution is 9.10. The van der Waals surface area contributed by atoms with E-state index >= 15 is 0 Å². The molecule has 0 spiro atoms. The first-order valence-corrected chi connectivity index (χ1v) is 6.86. The molecule has 2 aromatic rings. The molecule has 0 amide bonds. The van der Waals surface area contributed by atoms with Crippen LogP contribution >= 0.6 is 15.9 Å². The average molecular weight is 305 g/mol. The first kappa shape index (κ1) is 13.2. The zero-order valence-electron chi connectivity index (χ0n) is 10.7. The Morgan fingerprint density at radius 1 is 1.17 bits per heavy atom. The lowest BCUT2D eigenvalue weighted by atomic mass is 10.0. The van der Waals surface area contributed by atoms with Gasteiger partial charge in [-0.3, -0.25) is 0 Å². The largest absolute Gasteiger partial charge is 0.305 e. The lowest BCUT2D eigenvalue weighted by molar-refractivity contribution is 0.565. The van der Waals surface area contributed by atoms with Crippen molar-refractivity contribution in [2.75, 3.05) is 0 Å². The van der Waals surface area contributed by atoms with Crippen molar-refractivity contribution in [3.05, 3.63) is 63.9 Å². The first-order valence-electron chi connectivity index (χ1n) is 6.07. The second kappa shape index (κ2) is 6.12. The van der Waals surface area contributed by atoms with E-state index in [0.717, 1.165) is 16.8 Å². The minimum atomic E-state index is 0.326. The molecule has 2 nitrogen and oxygen atoms in total. The zero-order valence-corrected chi connectivity index (χ0v) is 12.2. The summed E-state index contributed by atoms with van der Waals surface area (Å²) in [4.78, 5) is 4.42. The van der Waals surface area contributed by atoms with E-state index < -0.39 is 0 Å². The molecule has 0 fully saturated rings. The van der Waals surface area contributed by atoms with Crippen molar-refractivity contribution in [1.29, 1.82) is 0 Å². The van der Waals surface area contributed by atoms with Crippen LogP contribution in [0, 0.1) is 6.92 Å². The SMILES string of the molecule is Cc1ccccc1[C@@H](C)NCc1cccc(Br)n1. The van der Waals surface area contributed by atoms with Crippen molar-refractivity contribution in [1.82, 2.24) is 10.3 Å². The third kappa shape index (κ3) is 3.40. The Hall–Kier alpha value is -1.19. The summed E-state index contributed by atoms with van der Waals surface area (Å²) in [6.07, 6.45) is 0. The van der Waals surface area contributed by atoms with Crippen molar-refractivity contribution in [2.24, 2.45) is 0 Å². The Bertz CT molecular complexity index is 525. The Kier molecular flexibility index (Phi) is 4.50. The van der Waals surface area contributed by atoms with E-state index in [1.54, 1.807) is 0 Å². The summed E-state index contributed by atoms with van der Waals surface area (Å²) in [6, 6.07) is 14.8. The molecule has 2 rings (SSSR count). The number of nitrogens with zero attached hydrogens (tertiary/aromatic N) is 1. The molecule has 0 unspecified atom stereocenters.